The van der Waals surface area contributed by atoms with Gasteiger partial charge in [0.25, 0.3) is 0 Å². The molecule has 3 aromatic carbocycles. The van der Waals surface area contributed by atoms with Gasteiger partial charge in [-0.15, -0.1) is 0 Å². The Morgan fingerprint density at radius 2 is 1.43 bits per heavy atom. The van der Waals surface area contributed by atoms with E-state index in [-0.39, 0.29) is 16.4 Å². The summed E-state index contributed by atoms with van der Waals surface area (Å²) in [4.78, 5) is 11.2. The van der Waals surface area contributed by atoms with Gasteiger partial charge in [-0.25, -0.2) is 4.79 Å². The van der Waals surface area contributed by atoms with E-state index in [1.165, 1.54) is 23.3 Å². The summed E-state index contributed by atoms with van der Waals surface area (Å²) < 4.78 is 0. The fraction of sp³-hybridized carbons (Fsp3) is 0.308. The van der Waals surface area contributed by atoms with Crippen molar-refractivity contribution in [1.82, 2.24) is 0 Å². The number of benzene rings is 3. The zero-order chi connectivity index (χ0) is 21.7. The highest BCUT2D eigenvalue weighted by molar-refractivity contribution is 6.19. The van der Waals surface area contributed by atoms with Gasteiger partial charge < -0.3 is 10.3 Å². The number of hydrogen-bond donors (Lipinski definition) is 2. The van der Waals surface area contributed by atoms with E-state index in [0.717, 1.165) is 29.2 Å². The minimum Gasteiger partial charge on any atom is -0.478 e. The van der Waals surface area contributed by atoms with Gasteiger partial charge in [-0.1, -0.05) is 69.2 Å². The lowest BCUT2D eigenvalue weighted by molar-refractivity contribution is 0.0697. The lowest BCUT2D eigenvalue weighted by Crippen LogP contribution is -2.33. The molecule has 4 rings (SSSR count). The van der Waals surface area contributed by atoms with Crippen LogP contribution < -0.4 is 0 Å². The molecule has 0 heterocycles. The smallest absolute Gasteiger partial charge is 0.335 e. The first-order chi connectivity index (χ1) is 14.1. The second-order valence-electron chi connectivity index (χ2n) is 9.52. The van der Waals surface area contributed by atoms with Gasteiger partial charge in [-0.05, 0) is 63.8 Å². The molecule has 0 spiro atoms. The SMILES string of the molecule is CC1(C)CCC(C)(C)c2cc3c(/C(=N/O)c4ccc(C(=O)O)cc4)cccc3cc21. The van der Waals surface area contributed by atoms with Crippen LogP contribution in [-0.4, -0.2) is 22.0 Å². The van der Waals surface area contributed by atoms with Crippen LogP contribution in [0.2, 0.25) is 0 Å². The minimum absolute atomic E-state index is 0.0752. The topological polar surface area (TPSA) is 69.9 Å². The van der Waals surface area contributed by atoms with E-state index < -0.39 is 5.97 Å². The molecule has 0 aromatic heterocycles. The Morgan fingerprint density at radius 3 is 2.00 bits per heavy atom. The average molecular weight is 402 g/mol. The number of hydrogen-bond acceptors (Lipinski definition) is 3. The molecule has 0 amide bonds. The van der Waals surface area contributed by atoms with Crippen LogP contribution in [0.4, 0.5) is 0 Å². The third-order valence-corrected chi connectivity index (χ3v) is 6.61. The number of oxime groups is 1. The summed E-state index contributed by atoms with van der Waals surface area (Å²) in [6.45, 7) is 9.20. The first-order valence-electron chi connectivity index (χ1n) is 10.3. The maximum atomic E-state index is 11.2. The van der Waals surface area contributed by atoms with E-state index >= 15 is 0 Å². The Hall–Kier alpha value is -3.14. The highest BCUT2D eigenvalue weighted by Gasteiger charge is 2.37. The van der Waals surface area contributed by atoms with Crippen LogP contribution in [0.15, 0.2) is 59.8 Å². The van der Waals surface area contributed by atoms with Gasteiger partial charge in [0.05, 0.1) is 5.56 Å². The number of carboxylic acids is 1. The molecule has 2 N–H and O–H groups in total. The molecule has 0 atom stereocenters. The van der Waals surface area contributed by atoms with Gasteiger partial charge in [0.1, 0.15) is 5.71 Å². The summed E-state index contributed by atoms with van der Waals surface area (Å²) in [7, 11) is 0. The van der Waals surface area contributed by atoms with Gasteiger partial charge in [0, 0.05) is 11.1 Å². The molecule has 1 aliphatic rings. The van der Waals surface area contributed by atoms with E-state index in [2.05, 4.69) is 51.0 Å². The molecule has 0 bridgehead atoms. The summed E-state index contributed by atoms with van der Waals surface area (Å²) in [6, 6.07) is 17.0. The van der Waals surface area contributed by atoms with E-state index in [9.17, 15) is 10.0 Å². The molecular formula is C26H27NO3. The molecule has 3 aromatic rings. The molecule has 0 unspecified atom stereocenters. The van der Waals surface area contributed by atoms with Crippen LogP contribution in [0, 0.1) is 0 Å². The Morgan fingerprint density at radius 1 is 0.867 bits per heavy atom. The molecule has 0 saturated heterocycles. The minimum atomic E-state index is -0.981. The number of aromatic carboxylic acids is 1. The molecule has 0 fully saturated rings. The fourth-order valence-corrected chi connectivity index (χ4v) is 4.58. The van der Waals surface area contributed by atoms with Gasteiger partial charge in [0.2, 0.25) is 0 Å². The van der Waals surface area contributed by atoms with E-state index in [1.54, 1.807) is 12.1 Å². The summed E-state index contributed by atoms with van der Waals surface area (Å²) in [5.74, 6) is -0.981. The number of carboxylic acid groups (broad SMARTS) is 1. The van der Waals surface area contributed by atoms with E-state index in [4.69, 9.17) is 5.11 Å². The van der Waals surface area contributed by atoms with Gasteiger partial charge in [-0.2, -0.15) is 0 Å². The average Bonchev–Trinajstić information content (AvgIpc) is 2.72. The Kier molecular flexibility index (Phi) is 4.69. The quantitative estimate of drug-likeness (QED) is 0.316. The molecule has 4 nitrogen and oxygen atoms in total. The zero-order valence-electron chi connectivity index (χ0n) is 17.9. The van der Waals surface area contributed by atoms with E-state index in [1.807, 2.05) is 12.1 Å². The van der Waals surface area contributed by atoms with Crippen molar-refractivity contribution in [1.29, 1.82) is 0 Å². The second-order valence-corrected chi connectivity index (χ2v) is 9.52. The van der Waals surface area contributed by atoms with Crippen molar-refractivity contribution in [2.75, 3.05) is 0 Å². The van der Waals surface area contributed by atoms with Crippen LogP contribution >= 0.6 is 0 Å². The summed E-state index contributed by atoms with van der Waals surface area (Å²) >= 11 is 0. The van der Waals surface area contributed by atoms with E-state index in [0.29, 0.717) is 11.3 Å². The van der Waals surface area contributed by atoms with Crippen LogP contribution in [0.3, 0.4) is 0 Å². The van der Waals surface area contributed by atoms with Gasteiger partial charge in [-0.3, -0.25) is 0 Å². The largest absolute Gasteiger partial charge is 0.478 e. The first kappa shape index (κ1) is 20.1. The number of fused-ring (bicyclic) bond motifs is 2. The highest BCUT2D eigenvalue weighted by atomic mass is 16.4. The lowest BCUT2D eigenvalue weighted by Gasteiger charge is -2.42. The van der Waals surface area contributed by atoms with Crippen molar-refractivity contribution < 1.29 is 15.1 Å². The third-order valence-electron chi connectivity index (χ3n) is 6.61. The monoisotopic (exact) mass is 401 g/mol. The number of carbonyl (C=O) groups is 1. The van der Waals surface area contributed by atoms with Crippen molar-refractivity contribution >= 4 is 22.5 Å². The molecule has 0 aliphatic heterocycles. The highest BCUT2D eigenvalue weighted by Crippen LogP contribution is 2.47. The molecule has 1 aliphatic carbocycles. The van der Waals surface area contributed by atoms with Gasteiger partial charge >= 0.3 is 5.97 Å². The standard InChI is InChI=1S/C26H27NO3/c1-25(2)12-13-26(3,4)22-15-20-18(14-21(22)25)6-5-7-19(20)23(27-30)16-8-10-17(11-9-16)24(28)29/h5-11,14-15,30H,12-13H2,1-4H3,(H,28,29)/b27-23+. The Labute approximate surface area is 176 Å². The van der Waals surface area contributed by atoms with Crippen LogP contribution in [0.25, 0.3) is 10.8 Å². The molecule has 0 radical (unpaired) electrons. The van der Waals surface area contributed by atoms with Gasteiger partial charge in [0.15, 0.2) is 0 Å². The van der Waals surface area contributed by atoms with Crippen LogP contribution in [-0.2, 0) is 10.8 Å². The molecule has 30 heavy (non-hydrogen) atoms. The first-order valence-corrected chi connectivity index (χ1v) is 10.3. The molecule has 4 heteroatoms. The number of rotatable bonds is 3. The maximum absolute atomic E-state index is 11.2. The summed E-state index contributed by atoms with van der Waals surface area (Å²) in [5.41, 5.74) is 5.07. The molecular weight excluding hydrogens is 374 g/mol. The van der Waals surface area contributed by atoms with Crippen LogP contribution in [0.5, 0.6) is 0 Å². The molecule has 0 saturated carbocycles. The maximum Gasteiger partial charge on any atom is 0.335 e. The predicted octanol–water partition coefficient (Wildman–Crippen LogP) is 6.11. The van der Waals surface area contributed by atoms with Crippen LogP contribution in [0.1, 0.15) is 73.1 Å². The van der Waals surface area contributed by atoms with Crippen molar-refractivity contribution in [2.45, 2.75) is 51.4 Å². The summed E-state index contributed by atoms with van der Waals surface area (Å²) in [5, 5.41) is 24.8. The summed E-state index contributed by atoms with van der Waals surface area (Å²) in [6.07, 6.45) is 2.27. The number of nitrogens with zero attached hydrogens (tertiary/aromatic N) is 1. The lowest BCUT2D eigenvalue weighted by atomic mass is 9.62. The van der Waals surface area contributed by atoms with Crippen molar-refractivity contribution in [3.05, 3.63) is 82.4 Å². The normalized spacial score (nSPS) is 17.5. The van der Waals surface area contributed by atoms with Crippen molar-refractivity contribution in [3.63, 3.8) is 0 Å². The Bertz CT molecular complexity index is 1170. The van der Waals surface area contributed by atoms with Crippen molar-refractivity contribution in [3.8, 4) is 0 Å². The van der Waals surface area contributed by atoms with Crippen molar-refractivity contribution in [2.24, 2.45) is 5.16 Å². The fourth-order valence-electron chi connectivity index (χ4n) is 4.58. The molecule has 154 valence electrons. The predicted molar refractivity (Wildman–Crippen MR) is 120 cm³/mol. The second kappa shape index (κ2) is 6.98. The Balaban J connectivity index is 1.92. The zero-order valence-corrected chi connectivity index (χ0v) is 17.9. The third kappa shape index (κ3) is 3.26.